The molecule has 7 heteroatoms. The van der Waals surface area contributed by atoms with Crippen molar-refractivity contribution >= 4 is 5.91 Å². The molecule has 25 heavy (non-hydrogen) atoms. The zero-order valence-corrected chi connectivity index (χ0v) is 14.6. The zero-order valence-electron chi connectivity index (χ0n) is 14.6. The van der Waals surface area contributed by atoms with E-state index >= 15 is 0 Å². The van der Waals surface area contributed by atoms with E-state index in [4.69, 9.17) is 4.74 Å². The molecule has 0 atom stereocenters. The molecule has 1 fully saturated rings. The van der Waals surface area contributed by atoms with Crippen molar-refractivity contribution in [2.45, 2.75) is 32.8 Å². The Morgan fingerprint density at radius 3 is 2.88 bits per heavy atom. The summed E-state index contributed by atoms with van der Waals surface area (Å²) in [4.78, 5) is 12.3. The number of nitrogens with zero attached hydrogens (tertiary/aromatic N) is 3. The van der Waals surface area contributed by atoms with Gasteiger partial charge in [-0.1, -0.05) is 0 Å². The van der Waals surface area contributed by atoms with Crippen LogP contribution in [0.2, 0.25) is 0 Å². The average molecular weight is 346 g/mol. The van der Waals surface area contributed by atoms with Crippen molar-refractivity contribution in [1.29, 1.82) is 0 Å². The second-order valence-corrected chi connectivity index (χ2v) is 6.49. The van der Waals surface area contributed by atoms with Gasteiger partial charge in [-0.2, -0.15) is 0 Å². The van der Waals surface area contributed by atoms with E-state index in [0.717, 1.165) is 11.6 Å². The number of hydrogen-bond donors (Lipinski definition) is 1. The fourth-order valence-electron chi connectivity index (χ4n) is 2.51. The highest BCUT2D eigenvalue weighted by Crippen LogP contribution is 2.29. The quantitative estimate of drug-likeness (QED) is 0.795. The Morgan fingerprint density at radius 2 is 2.20 bits per heavy atom. The molecule has 1 aromatic carbocycles. The lowest BCUT2D eigenvalue weighted by Gasteiger charge is -2.09. The monoisotopic (exact) mass is 346 g/mol. The van der Waals surface area contributed by atoms with E-state index < -0.39 is 0 Å². The molecule has 0 spiro atoms. The van der Waals surface area contributed by atoms with Crippen LogP contribution in [0.25, 0.3) is 0 Å². The highest BCUT2D eigenvalue weighted by Gasteiger charge is 2.21. The minimum absolute atomic E-state index is 0.196. The third kappa shape index (κ3) is 4.63. The van der Waals surface area contributed by atoms with Crippen molar-refractivity contribution in [2.75, 3.05) is 13.2 Å². The number of benzene rings is 1. The minimum Gasteiger partial charge on any atom is -0.376 e. The van der Waals surface area contributed by atoms with Gasteiger partial charge in [-0.3, -0.25) is 4.79 Å². The molecule has 1 aliphatic rings. The summed E-state index contributed by atoms with van der Waals surface area (Å²) in [5, 5.41) is 10.9. The molecule has 0 aliphatic heterocycles. The maximum Gasteiger partial charge on any atom is 0.251 e. The van der Waals surface area contributed by atoms with Gasteiger partial charge >= 0.3 is 0 Å². The SMILES string of the molecule is Cc1nnc(CCNC(=O)c2ccc(F)c(COCC3CC3)c2)n1C. The predicted molar refractivity (Wildman–Crippen MR) is 90.6 cm³/mol. The van der Waals surface area contributed by atoms with Crippen LogP contribution in [0.1, 0.15) is 40.4 Å². The van der Waals surface area contributed by atoms with Crippen molar-refractivity contribution in [1.82, 2.24) is 20.1 Å². The lowest BCUT2D eigenvalue weighted by atomic mass is 10.1. The molecule has 1 amide bonds. The van der Waals surface area contributed by atoms with E-state index in [0.29, 0.717) is 36.6 Å². The van der Waals surface area contributed by atoms with Crippen LogP contribution in [0.5, 0.6) is 0 Å². The van der Waals surface area contributed by atoms with E-state index in [1.54, 1.807) is 6.07 Å². The van der Waals surface area contributed by atoms with Crippen LogP contribution in [0.4, 0.5) is 4.39 Å². The minimum atomic E-state index is -0.345. The Morgan fingerprint density at radius 1 is 1.40 bits per heavy atom. The number of hydrogen-bond acceptors (Lipinski definition) is 4. The Balaban J connectivity index is 1.52. The summed E-state index contributed by atoms with van der Waals surface area (Å²) < 4.78 is 21.3. The van der Waals surface area contributed by atoms with Gasteiger partial charge in [0.1, 0.15) is 17.5 Å². The summed E-state index contributed by atoms with van der Waals surface area (Å²) in [5.74, 6) is 1.69. The summed E-state index contributed by atoms with van der Waals surface area (Å²) >= 11 is 0. The van der Waals surface area contributed by atoms with E-state index in [-0.39, 0.29) is 18.3 Å². The van der Waals surface area contributed by atoms with Gasteiger partial charge in [-0.05, 0) is 43.9 Å². The zero-order chi connectivity index (χ0) is 17.8. The molecule has 6 nitrogen and oxygen atoms in total. The number of nitrogens with one attached hydrogen (secondary N) is 1. The predicted octanol–water partition coefficient (Wildman–Crippen LogP) is 2.16. The number of rotatable bonds is 8. The van der Waals surface area contributed by atoms with E-state index in [1.807, 2.05) is 18.5 Å². The van der Waals surface area contributed by atoms with Gasteiger partial charge in [-0.25, -0.2) is 4.39 Å². The van der Waals surface area contributed by atoms with Gasteiger partial charge < -0.3 is 14.6 Å². The van der Waals surface area contributed by atoms with Crippen molar-refractivity contribution in [2.24, 2.45) is 13.0 Å². The second kappa shape index (κ2) is 7.74. The topological polar surface area (TPSA) is 69.0 Å². The van der Waals surface area contributed by atoms with Gasteiger partial charge in [0.15, 0.2) is 0 Å². The van der Waals surface area contributed by atoms with Gasteiger partial charge in [0.05, 0.1) is 6.61 Å². The number of aryl methyl sites for hydroxylation is 1. The fraction of sp³-hybridized carbons (Fsp3) is 0.500. The van der Waals surface area contributed by atoms with Crippen LogP contribution in [0.3, 0.4) is 0 Å². The first kappa shape index (κ1) is 17.5. The Labute approximate surface area is 146 Å². The summed E-state index contributed by atoms with van der Waals surface area (Å²) in [6, 6.07) is 4.36. The maximum absolute atomic E-state index is 13.9. The summed E-state index contributed by atoms with van der Waals surface area (Å²) in [6.45, 7) is 3.17. The Kier molecular flexibility index (Phi) is 5.43. The molecule has 1 saturated carbocycles. The molecule has 3 rings (SSSR count). The molecule has 134 valence electrons. The summed E-state index contributed by atoms with van der Waals surface area (Å²) in [6.07, 6.45) is 2.97. The third-order valence-electron chi connectivity index (χ3n) is 4.43. The van der Waals surface area contributed by atoms with Crippen LogP contribution in [0.15, 0.2) is 18.2 Å². The molecule has 0 radical (unpaired) electrons. The molecule has 1 aliphatic carbocycles. The lowest BCUT2D eigenvalue weighted by Crippen LogP contribution is -2.26. The highest BCUT2D eigenvalue weighted by atomic mass is 19.1. The van der Waals surface area contributed by atoms with Crippen LogP contribution in [-0.4, -0.2) is 33.8 Å². The number of amides is 1. The molecule has 1 aromatic heterocycles. The molecule has 1 heterocycles. The van der Waals surface area contributed by atoms with E-state index in [9.17, 15) is 9.18 Å². The Hall–Kier alpha value is -2.28. The van der Waals surface area contributed by atoms with Crippen LogP contribution >= 0.6 is 0 Å². The molecular formula is C18H23FN4O2. The van der Waals surface area contributed by atoms with E-state index in [2.05, 4.69) is 15.5 Å². The van der Waals surface area contributed by atoms with Crippen molar-refractivity contribution in [3.8, 4) is 0 Å². The Bertz CT molecular complexity index is 756. The molecule has 1 N–H and O–H groups in total. The second-order valence-electron chi connectivity index (χ2n) is 6.49. The third-order valence-corrected chi connectivity index (χ3v) is 4.43. The van der Waals surface area contributed by atoms with Crippen LogP contribution in [0, 0.1) is 18.7 Å². The molecule has 0 unspecified atom stereocenters. The van der Waals surface area contributed by atoms with Gasteiger partial charge in [0.25, 0.3) is 5.91 Å². The van der Waals surface area contributed by atoms with Gasteiger partial charge in [0.2, 0.25) is 0 Å². The highest BCUT2D eigenvalue weighted by molar-refractivity contribution is 5.94. The van der Waals surface area contributed by atoms with Crippen molar-refractivity contribution in [3.63, 3.8) is 0 Å². The number of aromatic nitrogens is 3. The number of ether oxygens (including phenoxy) is 1. The molecule has 0 bridgehead atoms. The summed E-state index contributed by atoms with van der Waals surface area (Å²) in [7, 11) is 1.89. The first-order chi connectivity index (χ1) is 12.0. The average Bonchev–Trinajstić information content (AvgIpc) is 3.37. The lowest BCUT2D eigenvalue weighted by molar-refractivity contribution is 0.0952. The van der Waals surface area contributed by atoms with Crippen molar-refractivity contribution < 1.29 is 13.9 Å². The van der Waals surface area contributed by atoms with Gasteiger partial charge in [0, 0.05) is 37.7 Å². The fourth-order valence-corrected chi connectivity index (χ4v) is 2.51. The number of carbonyl (C=O) groups is 1. The molecule has 2 aromatic rings. The standard InChI is InChI=1S/C18H23FN4O2/c1-12-21-22-17(23(12)2)7-8-20-18(24)14-5-6-16(19)15(9-14)11-25-10-13-3-4-13/h5-6,9,13H,3-4,7-8,10-11H2,1-2H3,(H,20,24). The molecular weight excluding hydrogens is 323 g/mol. The van der Waals surface area contributed by atoms with E-state index in [1.165, 1.54) is 25.0 Å². The number of halogens is 1. The maximum atomic E-state index is 13.9. The van der Waals surface area contributed by atoms with Crippen LogP contribution in [-0.2, 0) is 24.8 Å². The largest absolute Gasteiger partial charge is 0.376 e. The first-order valence-corrected chi connectivity index (χ1v) is 8.54. The van der Waals surface area contributed by atoms with Crippen molar-refractivity contribution in [3.05, 3.63) is 46.8 Å². The first-order valence-electron chi connectivity index (χ1n) is 8.54. The smallest absolute Gasteiger partial charge is 0.251 e. The van der Waals surface area contributed by atoms with Gasteiger partial charge in [-0.15, -0.1) is 10.2 Å². The normalized spacial score (nSPS) is 13.9. The number of carbonyl (C=O) groups excluding carboxylic acids is 1. The molecule has 0 saturated heterocycles. The van der Waals surface area contributed by atoms with Crippen LogP contribution < -0.4 is 5.32 Å². The summed E-state index contributed by atoms with van der Waals surface area (Å²) in [5.41, 5.74) is 0.845.